The molecule has 0 saturated heterocycles. The van der Waals surface area contributed by atoms with Gasteiger partial charge in [0.25, 0.3) is 5.56 Å². The smallest absolute Gasteiger partial charge is 0.272 e. The van der Waals surface area contributed by atoms with E-state index in [4.69, 9.17) is 6.42 Å². The van der Waals surface area contributed by atoms with E-state index < -0.39 is 0 Å². The third kappa shape index (κ3) is 4.84. The third-order valence-corrected chi connectivity index (χ3v) is 4.35. The van der Waals surface area contributed by atoms with Crippen molar-refractivity contribution in [2.24, 2.45) is 0 Å². The first-order valence-corrected chi connectivity index (χ1v) is 9.21. The maximum absolute atomic E-state index is 12.2. The van der Waals surface area contributed by atoms with Crippen LogP contribution in [0.15, 0.2) is 53.3 Å². The van der Waals surface area contributed by atoms with E-state index in [1.54, 1.807) is 6.07 Å². The number of nitrogens with zero attached hydrogens (tertiary/aromatic N) is 1. The van der Waals surface area contributed by atoms with Crippen molar-refractivity contribution in [3.63, 3.8) is 0 Å². The van der Waals surface area contributed by atoms with Crippen LogP contribution in [0.3, 0.4) is 0 Å². The second kappa shape index (κ2) is 9.49. The Morgan fingerprint density at radius 1 is 1.11 bits per heavy atom. The minimum Gasteiger partial charge on any atom is -0.326 e. The summed E-state index contributed by atoms with van der Waals surface area (Å²) in [6, 6.07) is 14.8. The van der Waals surface area contributed by atoms with Gasteiger partial charge in [-0.05, 0) is 37.6 Å². The first-order valence-electron chi connectivity index (χ1n) is 9.21. The fourth-order valence-corrected chi connectivity index (χ4v) is 3.00. The molecule has 3 rings (SSSR count). The summed E-state index contributed by atoms with van der Waals surface area (Å²) in [5, 5.41) is 14.1. The summed E-state index contributed by atoms with van der Waals surface area (Å²) < 4.78 is 0. The minimum atomic E-state index is -0.222. The lowest BCUT2D eigenvalue weighted by molar-refractivity contribution is -0.116. The molecule has 0 fully saturated rings. The Hall–Kier alpha value is -3.43. The Morgan fingerprint density at radius 2 is 1.93 bits per heavy atom. The fourth-order valence-electron chi connectivity index (χ4n) is 3.00. The second-order valence-electron chi connectivity index (χ2n) is 6.41. The number of hydrogen-bond acceptors (Lipinski definition) is 4. The highest BCUT2D eigenvalue weighted by molar-refractivity contribution is 5.95. The molecule has 0 atom stereocenters. The zero-order valence-corrected chi connectivity index (χ0v) is 15.5. The number of unbranched alkanes of at least 4 members (excludes halogenated alkanes) is 1. The number of benzene rings is 2. The fraction of sp³-hybridized carbons (Fsp3) is 0.227. The Bertz CT molecular complexity index is 1070. The van der Waals surface area contributed by atoms with Crippen LogP contribution in [0.5, 0.6) is 0 Å². The van der Waals surface area contributed by atoms with E-state index in [2.05, 4.69) is 26.8 Å². The number of H-pyrrole nitrogens is 1. The van der Waals surface area contributed by atoms with Gasteiger partial charge >= 0.3 is 0 Å². The zero-order valence-electron chi connectivity index (χ0n) is 15.5. The number of terminal acetylenes is 1. The first-order chi connectivity index (χ1) is 13.7. The molecule has 6 heteroatoms. The number of aromatic amines is 1. The molecule has 1 heterocycles. The molecule has 28 heavy (non-hydrogen) atoms. The minimum absolute atomic E-state index is 0.0339. The third-order valence-electron chi connectivity index (χ3n) is 4.35. The number of hydrogen-bond donors (Lipinski definition) is 3. The number of carbonyl (C=O) groups excluding carboxylic acids is 1. The highest BCUT2D eigenvalue weighted by atomic mass is 16.1. The number of nitrogens with one attached hydrogen (secondary N) is 3. The van der Waals surface area contributed by atoms with Gasteiger partial charge < -0.3 is 10.6 Å². The molecule has 0 unspecified atom stereocenters. The van der Waals surface area contributed by atoms with Gasteiger partial charge in [-0.25, -0.2) is 5.10 Å². The van der Waals surface area contributed by atoms with E-state index >= 15 is 0 Å². The topological polar surface area (TPSA) is 86.9 Å². The van der Waals surface area contributed by atoms with Crippen LogP contribution in [0.25, 0.3) is 22.0 Å². The largest absolute Gasteiger partial charge is 0.326 e. The summed E-state index contributed by atoms with van der Waals surface area (Å²) in [4.78, 5) is 24.1. The van der Waals surface area contributed by atoms with Crippen molar-refractivity contribution in [2.45, 2.75) is 19.3 Å². The number of amides is 1. The van der Waals surface area contributed by atoms with Gasteiger partial charge in [0.05, 0.1) is 17.6 Å². The normalized spacial score (nSPS) is 10.5. The molecule has 0 spiro atoms. The van der Waals surface area contributed by atoms with Gasteiger partial charge in [0, 0.05) is 23.1 Å². The highest BCUT2D eigenvalue weighted by Gasteiger charge is 2.09. The number of carbonyl (C=O) groups is 1. The van der Waals surface area contributed by atoms with Crippen molar-refractivity contribution in [1.29, 1.82) is 0 Å². The van der Waals surface area contributed by atoms with Crippen LogP contribution in [0.1, 0.15) is 19.3 Å². The lowest BCUT2D eigenvalue weighted by atomic mass is 10.0. The van der Waals surface area contributed by atoms with Crippen molar-refractivity contribution < 1.29 is 4.79 Å². The molecular weight excluding hydrogens is 352 g/mol. The van der Waals surface area contributed by atoms with E-state index in [0.29, 0.717) is 29.7 Å². The summed E-state index contributed by atoms with van der Waals surface area (Å²) in [6.07, 6.45) is 7.30. The number of aromatic nitrogens is 2. The Morgan fingerprint density at radius 3 is 2.75 bits per heavy atom. The molecule has 3 aromatic rings. The Kier molecular flexibility index (Phi) is 6.55. The van der Waals surface area contributed by atoms with Crippen LogP contribution in [0.4, 0.5) is 5.69 Å². The van der Waals surface area contributed by atoms with Crippen LogP contribution >= 0.6 is 0 Å². The lowest BCUT2D eigenvalue weighted by Crippen LogP contribution is -2.16. The van der Waals surface area contributed by atoms with Crippen molar-refractivity contribution in [1.82, 2.24) is 15.5 Å². The van der Waals surface area contributed by atoms with Crippen LogP contribution in [-0.4, -0.2) is 29.2 Å². The van der Waals surface area contributed by atoms with E-state index in [1.807, 2.05) is 42.5 Å². The number of fused-ring (bicyclic) bond motifs is 1. The molecule has 0 saturated carbocycles. The maximum atomic E-state index is 12.2. The van der Waals surface area contributed by atoms with Gasteiger partial charge in [0.15, 0.2) is 0 Å². The van der Waals surface area contributed by atoms with Gasteiger partial charge in [-0.1, -0.05) is 36.3 Å². The Labute approximate surface area is 163 Å². The molecule has 6 nitrogen and oxygen atoms in total. The van der Waals surface area contributed by atoms with Gasteiger partial charge in [-0.3, -0.25) is 9.59 Å². The van der Waals surface area contributed by atoms with Crippen molar-refractivity contribution in [3.8, 4) is 23.6 Å². The number of rotatable bonds is 8. The molecule has 1 aromatic heterocycles. The van der Waals surface area contributed by atoms with E-state index in [0.717, 1.165) is 30.3 Å². The van der Waals surface area contributed by atoms with E-state index in [-0.39, 0.29) is 11.5 Å². The molecule has 2 aromatic carbocycles. The van der Waals surface area contributed by atoms with E-state index in [9.17, 15) is 9.59 Å². The predicted octanol–water partition coefficient (Wildman–Crippen LogP) is 2.92. The first kappa shape index (κ1) is 19.3. The molecule has 0 aliphatic rings. The van der Waals surface area contributed by atoms with Gasteiger partial charge in [0.2, 0.25) is 5.91 Å². The van der Waals surface area contributed by atoms with Crippen LogP contribution < -0.4 is 16.2 Å². The highest BCUT2D eigenvalue weighted by Crippen LogP contribution is 2.26. The molecule has 3 N–H and O–H groups in total. The average molecular weight is 374 g/mol. The molecular formula is C22H22N4O2. The maximum Gasteiger partial charge on any atom is 0.272 e. The second-order valence-corrected chi connectivity index (χ2v) is 6.41. The molecule has 0 bridgehead atoms. The Balaban J connectivity index is 1.68. The van der Waals surface area contributed by atoms with Crippen LogP contribution in [-0.2, 0) is 4.79 Å². The van der Waals surface area contributed by atoms with Gasteiger partial charge in [-0.2, -0.15) is 5.10 Å². The standard InChI is InChI=1S/C22H22N4O2/c1-2-13-23-14-6-5-12-20(27)24-17-9-7-8-16(15-17)21-18-10-3-4-11-19(18)22(28)26-25-21/h1,3-4,7-11,15,23H,5-6,12-14H2,(H,24,27)(H,26,28). The number of anilines is 1. The summed E-state index contributed by atoms with van der Waals surface area (Å²) >= 11 is 0. The molecule has 142 valence electrons. The lowest BCUT2D eigenvalue weighted by Gasteiger charge is -2.09. The van der Waals surface area contributed by atoms with Crippen molar-refractivity contribution in [3.05, 3.63) is 58.9 Å². The summed E-state index contributed by atoms with van der Waals surface area (Å²) in [6.45, 7) is 1.35. The van der Waals surface area contributed by atoms with Crippen LogP contribution in [0.2, 0.25) is 0 Å². The molecule has 0 radical (unpaired) electrons. The average Bonchev–Trinajstić information content (AvgIpc) is 2.71. The SMILES string of the molecule is C#CCNCCCCC(=O)Nc1cccc(-c2n[nH]c(=O)c3ccccc23)c1. The van der Waals surface area contributed by atoms with E-state index in [1.165, 1.54) is 0 Å². The monoisotopic (exact) mass is 374 g/mol. The molecule has 1 amide bonds. The predicted molar refractivity (Wildman–Crippen MR) is 112 cm³/mol. The van der Waals surface area contributed by atoms with Crippen LogP contribution in [0, 0.1) is 12.3 Å². The zero-order chi connectivity index (χ0) is 19.8. The summed E-state index contributed by atoms with van der Waals surface area (Å²) in [5.41, 5.74) is 1.97. The van der Waals surface area contributed by atoms with Gasteiger partial charge in [-0.15, -0.1) is 6.42 Å². The summed E-state index contributed by atoms with van der Waals surface area (Å²) in [5.74, 6) is 2.48. The van der Waals surface area contributed by atoms with Crippen molar-refractivity contribution in [2.75, 3.05) is 18.4 Å². The van der Waals surface area contributed by atoms with Gasteiger partial charge in [0.1, 0.15) is 0 Å². The summed E-state index contributed by atoms with van der Waals surface area (Å²) in [7, 11) is 0. The molecule has 0 aliphatic heterocycles. The molecule has 0 aliphatic carbocycles. The van der Waals surface area contributed by atoms with Crippen molar-refractivity contribution >= 4 is 22.4 Å². The quantitative estimate of drug-likeness (QED) is 0.418.